The first-order valence-corrected chi connectivity index (χ1v) is 29.6. The van der Waals surface area contributed by atoms with Crippen LogP contribution in [0.5, 0.6) is 11.5 Å². The smallest absolute Gasteiger partial charge is 0.311 e. The first-order chi connectivity index (χ1) is 34.2. The monoisotopic (exact) mass is 1010 g/mol. The summed E-state index contributed by atoms with van der Waals surface area (Å²) in [5, 5.41) is 8.68. The number of esters is 4. The van der Waals surface area contributed by atoms with E-state index in [4.69, 9.17) is 24.2 Å². The Labute approximate surface area is 429 Å². The van der Waals surface area contributed by atoms with E-state index in [1.807, 2.05) is 33.7 Å². The topological polar surface area (TPSA) is 141 Å². The zero-order chi connectivity index (χ0) is 49.9. The Kier molecular flexibility index (Phi) is 31.7. The Morgan fingerprint density at radius 3 is 1.50 bits per heavy atom. The van der Waals surface area contributed by atoms with Crippen LogP contribution in [-0.2, 0) is 46.2 Å². The number of hydrogen-bond acceptors (Lipinski definition) is 14. The van der Waals surface area contributed by atoms with E-state index in [1.165, 1.54) is 32.1 Å². The molecule has 394 valence electrons. The summed E-state index contributed by atoms with van der Waals surface area (Å²) in [7, 11) is 3.95. The lowest BCUT2D eigenvalue weighted by molar-refractivity contribution is -0.150. The number of unbranched alkanes of at least 4 members (excludes halogenated alkanes) is 10. The fourth-order valence-corrected chi connectivity index (χ4v) is 11.3. The number of piperidine rings is 2. The Bertz CT molecular complexity index is 1700. The second-order valence-corrected chi connectivity index (χ2v) is 22.2. The van der Waals surface area contributed by atoms with Crippen molar-refractivity contribution >= 4 is 45.5 Å². The molecule has 4 rings (SSSR count). The Balaban J connectivity index is 0.916. The normalized spacial score (nSPS) is 15.4. The third-order valence-corrected chi connectivity index (χ3v) is 16.1. The van der Waals surface area contributed by atoms with E-state index < -0.39 is 0 Å². The minimum atomic E-state index is -0.257. The summed E-state index contributed by atoms with van der Waals surface area (Å²) in [5.74, 6) is 3.49. The number of nitrogens with zero attached hydrogens (tertiary/aromatic N) is 2. The number of carbonyl (C=O) groups excluding carboxylic acids is 4. The molecule has 1 N–H and O–H groups in total. The van der Waals surface area contributed by atoms with Gasteiger partial charge in [-0.05, 0) is 144 Å². The molecule has 0 spiro atoms. The third-order valence-electron chi connectivity index (χ3n) is 13.8. The highest BCUT2D eigenvalue weighted by Gasteiger charge is 2.22. The van der Waals surface area contributed by atoms with Gasteiger partial charge in [-0.2, -0.15) is 0 Å². The SMILES string of the molecule is CCCCCCCCC(CCCC)OC(=O)CCCCCCCC(=O)Oc1ccc(CC(=O)OCCC2CCN(CCSSCCN3CCC(CCOC(=O)Cc4ccc(OO)cc4)CC3)CC2)cc1. The minimum absolute atomic E-state index is 0.0620. The van der Waals surface area contributed by atoms with Crippen LogP contribution in [0.3, 0.4) is 0 Å². The van der Waals surface area contributed by atoms with Crippen molar-refractivity contribution in [2.45, 2.75) is 180 Å². The molecule has 1 atom stereocenters. The molecule has 2 fully saturated rings. The predicted octanol–water partition coefficient (Wildman–Crippen LogP) is 12.5. The van der Waals surface area contributed by atoms with E-state index in [0.717, 1.165) is 165 Å². The van der Waals surface area contributed by atoms with Crippen molar-refractivity contribution in [2.75, 3.05) is 64.0 Å². The average molecular weight is 1010 g/mol. The molecule has 2 saturated heterocycles. The second kappa shape index (κ2) is 37.4. The molecule has 2 aliphatic heterocycles. The van der Waals surface area contributed by atoms with Crippen molar-refractivity contribution in [3.8, 4) is 11.5 Å². The van der Waals surface area contributed by atoms with Gasteiger partial charge in [-0.3, -0.25) is 19.2 Å². The van der Waals surface area contributed by atoms with Crippen LogP contribution in [-0.4, -0.2) is 109 Å². The summed E-state index contributed by atoms with van der Waals surface area (Å²) in [6, 6.07) is 13.9. The highest BCUT2D eigenvalue weighted by atomic mass is 33.1. The molecule has 0 saturated carbocycles. The Morgan fingerprint density at radius 2 is 1.00 bits per heavy atom. The Hall–Kier alpha value is -3.30. The van der Waals surface area contributed by atoms with Gasteiger partial charge in [0.15, 0.2) is 5.75 Å². The number of hydrogen-bond donors (Lipinski definition) is 1. The van der Waals surface area contributed by atoms with Gasteiger partial charge in [0.2, 0.25) is 0 Å². The van der Waals surface area contributed by atoms with Crippen molar-refractivity contribution in [2.24, 2.45) is 11.8 Å². The number of rotatable bonds is 38. The van der Waals surface area contributed by atoms with Gasteiger partial charge in [-0.25, -0.2) is 5.26 Å². The molecular formula is C56H88N2O10S2. The maximum absolute atomic E-state index is 12.6. The van der Waals surface area contributed by atoms with Crippen LogP contribution in [0, 0.1) is 11.8 Å². The van der Waals surface area contributed by atoms with Crippen LogP contribution in [0.2, 0.25) is 0 Å². The van der Waals surface area contributed by atoms with Gasteiger partial charge in [-0.15, -0.1) is 0 Å². The molecule has 12 nitrogen and oxygen atoms in total. The van der Waals surface area contributed by atoms with Gasteiger partial charge < -0.3 is 33.6 Å². The quantitative estimate of drug-likeness (QED) is 0.0130. The van der Waals surface area contributed by atoms with Crippen LogP contribution < -0.4 is 9.62 Å². The standard InChI is InChI=1S/C56H88N2O10S2/c1-3-5-7-8-10-13-17-50(16-6-4-2)66-53(59)18-14-11-9-12-15-19-54(60)67-51-24-20-48(21-25-51)44-55(61)64-40-32-46-28-34-57(35-29-46)38-42-69-70-43-39-58-36-30-47(31-37-58)33-41-65-56(62)45-49-22-26-52(68-63)27-23-49/h20-27,46-47,50,63H,3-19,28-45H2,1-2H3. The van der Waals surface area contributed by atoms with Crippen molar-refractivity contribution in [3.63, 3.8) is 0 Å². The van der Waals surface area contributed by atoms with Crippen molar-refractivity contribution in [1.82, 2.24) is 9.80 Å². The highest BCUT2D eigenvalue weighted by Crippen LogP contribution is 2.26. The lowest BCUT2D eigenvalue weighted by atomic mass is 9.94. The zero-order valence-corrected chi connectivity index (χ0v) is 44.6. The van der Waals surface area contributed by atoms with Gasteiger partial charge in [-0.1, -0.05) is 124 Å². The van der Waals surface area contributed by atoms with Crippen LogP contribution >= 0.6 is 21.6 Å². The average Bonchev–Trinajstić information content (AvgIpc) is 3.36. The summed E-state index contributed by atoms with van der Waals surface area (Å²) in [6.07, 6.45) is 23.8. The molecule has 0 bridgehead atoms. The summed E-state index contributed by atoms with van der Waals surface area (Å²) < 4.78 is 22.5. The van der Waals surface area contributed by atoms with E-state index >= 15 is 0 Å². The first kappa shape index (κ1) is 59.3. The molecule has 14 heteroatoms. The van der Waals surface area contributed by atoms with Gasteiger partial charge in [0.05, 0.1) is 26.1 Å². The Morgan fingerprint density at radius 1 is 0.557 bits per heavy atom. The molecular weight excluding hydrogens is 925 g/mol. The maximum atomic E-state index is 12.6. The lowest BCUT2D eigenvalue weighted by Crippen LogP contribution is -2.36. The number of ether oxygens (including phenoxy) is 4. The molecule has 70 heavy (non-hydrogen) atoms. The lowest BCUT2D eigenvalue weighted by Gasteiger charge is -2.32. The summed E-state index contributed by atoms with van der Waals surface area (Å²) in [4.78, 5) is 59.1. The van der Waals surface area contributed by atoms with E-state index in [-0.39, 0.29) is 42.8 Å². The third kappa shape index (κ3) is 27.5. The summed E-state index contributed by atoms with van der Waals surface area (Å²) >= 11 is 0. The van der Waals surface area contributed by atoms with Gasteiger partial charge in [0, 0.05) is 37.4 Å². The molecule has 1 unspecified atom stereocenters. The van der Waals surface area contributed by atoms with Gasteiger partial charge >= 0.3 is 23.9 Å². The summed E-state index contributed by atoms with van der Waals surface area (Å²) in [6.45, 7) is 12.0. The van der Waals surface area contributed by atoms with E-state index in [9.17, 15) is 19.2 Å². The zero-order valence-electron chi connectivity index (χ0n) is 42.9. The van der Waals surface area contributed by atoms with Gasteiger partial charge in [0.1, 0.15) is 11.9 Å². The number of benzene rings is 2. The van der Waals surface area contributed by atoms with Crippen LogP contribution in [0.25, 0.3) is 0 Å². The van der Waals surface area contributed by atoms with E-state index in [1.54, 1.807) is 36.4 Å². The van der Waals surface area contributed by atoms with E-state index in [2.05, 4.69) is 28.5 Å². The highest BCUT2D eigenvalue weighted by molar-refractivity contribution is 8.76. The molecule has 0 radical (unpaired) electrons. The molecule has 0 aromatic heterocycles. The second-order valence-electron chi connectivity index (χ2n) is 19.5. The van der Waals surface area contributed by atoms with Gasteiger partial charge in [0.25, 0.3) is 0 Å². The molecule has 2 heterocycles. The van der Waals surface area contributed by atoms with Crippen LogP contribution in [0.1, 0.15) is 173 Å². The van der Waals surface area contributed by atoms with E-state index in [0.29, 0.717) is 49.4 Å². The van der Waals surface area contributed by atoms with Crippen LogP contribution in [0.15, 0.2) is 48.5 Å². The predicted molar refractivity (Wildman–Crippen MR) is 283 cm³/mol. The number of carbonyl (C=O) groups is 4. The van der Waals surface area contributed by atoms with Crippen molar-refractivity contribution in [3.05, 3.63) is 59.7 Å². The molecule has 2 aromatic rings. The first-order valence-electron chi connectivity index (χ1n) is 27.1. The maximum Gasteiger partial charge on any atom is 0.311 e. The fraction of sp³-hybridized carbons (Fsp3) is 0.714. The minimum Gasteiger partial charge on any atom is -0.465 e. The molecule has 2 aliphatic rings. The fourth-order valence-electron chi connectivity index (χ4n) is 9.25. The van der Waals surface area contributed by atoms with Crippen molar-refractivity contribution in [1.29, 1.82) is 0 Å². The summed E-state index contributed by atoms with van der Waals surface area (Å²) in [5.41, 5.74) is 1.66. The molecule has 0 amide bonds. The molecule has 2 aromatic carbocycles. The van der Waals surface area contributed by atoms with Crippen molar-refractivity contribution < 1.29 is 48.3 Å². The molecule has 0 aliphatic carbocycles. The number of likely N-dealkylation sites (tertiary alicyclic amines) is 2. The van der Waals surface area contributed by atoms with Crippen LogP contribution in [0.4, 0.5) is 0 Å². The largest absolute Gasteiger partial charge is 0.465 e.